The van der Waals surface area contributed by atoms with Gasteiger partial charge in [-0.25, -0.2) is 4.79 Å². The number of amides is 1. The van der Waals surface area contributed by atoms with E-state index in [-0.39, 0.29) is 41.9 Å². The molecule has 2 aromatic carbocycles. The first-order valence-corrected chi connectivity index (χ1v) is 10.5. The van der Waals surface area contributed by atoms with Crippen LogP contribution in [-0.2, 0) is 19.1 Å². The number of nitrogens with one attached hydrogen (secondary N) is 1. The molecule has 1 heterocycles. The lowest BCUT2D eigenvalue weighted by Gasteiger charge is -2.28. The Labute approximate surface area is 197 Å². The van der Waals surface area contributed by atoms with Gasteiger partial charge in [0, 0.05) is 11.3 Å². The first-order valence-electron chi connectivity index (χ1n) is 10.5. The number of carbonyl (C=O) groups is 2. The molecule has 1 aliphatic rings. The highest BCUT2D eigenvalue weighted by Crippen LogP contribution is 2.42. The van der Waals surface area contributed by atoms with Gasteiger partial charge in [0.25, 0.3) is 5.91 Å². The van der Waals surface area contributed by atoms with Crippen LogP contribution in [-0.4, -0.2) is 32.2 Å². The standard InChI is InChI=1S/C25H25N3O6/c1-4-32-25(30)22-15(2)34-24(27)19(13-26)23(22)18-7-5-6-8-20(18)33-14-21(29)28-16-9-11-17(31-3)12-10-16/h5-12,23H,4,14,27H2,1-3H3,(H,28,29). The maximum absolute atomic E-state index is 12.7. The molecule has 176 valence electrons. The van der Waals surface area contributed by atoms with Crippen molar-refractivity contribution < 1.29 is 28.5 Å². The van der Waals surface area contributed by atoms with Crippen molar-refractivity contribution in [2.45, 2.75) is 19.8 Å². The highest BCUT2D eigenvalue weighted by molar-refractivity contribution is 5.93. The normalized spacial score (nSPS) is 15.2. The Hall–Kier alpha value is -4.45. The number of methoxy groups -OCH3 is 1. The van der Waals surface area contributed by atoms with E-state index >= 15 is 0 Å². The largest absolute Gasteiger partial charge is 0.497 e. The molecule has 9 heteroatoms. The van der Waals surface area contributed by atoms with Crippen LogP contribution in [0.1, 0.15) is 25.3 Å². The van der Waals surface area contributed by atoms with Gasteiger partial charge in [-0.3, -0.25) is 4.79 Å². The molecule has 0 fully saturated rings. The van der Waals surface area contributed by atoms with E-state index in [0.717, 1.165) is 0 Å². The zero-order valence-electron chi connectivity index (χ0n) is 19.1. The lowest BCUT2D eigenvalue weighted by Crippen LogP contribution is -2.26. The number of benzene rings is 2. The summed E-state index contributed by atoms with van der Waals surface area (Å²) in [7, 11) is 1.56. The minimum absolute atomic E-state index is 0.0485. The van der Waals surface area contributed by atoms with Gasteiger partial charge >= 0.3 is 5.97 Å². The zero-order chi connectivity index (χ0) is 24.7. The van der Waals surface area contributed by atoms with Gasteiger partial charge < -0.3 is 30.0 Å². The Balaban J connectivity index is 1.87. The van der Waals surface area contributed by atoms with Gasteiger partial charge in [-0.05, 0) is 44.2 Å². The summed E-state index contributed by atoms with van der Waals surface area (Å²) in [4.78, 5) is 25.2. The Morgan fingerprint density at radius 3 is 2.53 bits per heavy atom. The molecule has 3 N–H and O–H groups in total. The number of allylic oxidation sites excluding steroid dienone is 2. The highest BCUT2D eigenvalue weighted by atomic mass is 16.5. The van der Waals surface area contributed by atoms with Gasteiger partial charge in [0.1, 0.15) is 28.9 Å². The number of ether oxygens (including phenoxy) is 4. The fourth-order valence-corrected chi connectivity index (χ4v) is 3.53. The quantitative estimate of drug-likeness (QED) is 0.570. The molecule has 0 saturated carbocycles. The minimum atomic E-state index is -0.876. The van der Waals surface area contributed by atoms with E-state index in [0.29, 0.717) is 22.7 Å². The molecule has 9 nitrogen and oxygen atoms in total. The van der Waals surface area contributed by atoms with Crippen LogP contribution in [0.5, 0.6) is 11.5 Å². The molecule has 0 aliphatic carbocycles. The van der Waals surface area contributed by atoms with Crippen molar-refractivity contribution in [3.63, 3.8) is 0 Å². The van der Waals surface area contributed by atoms with Gasteiger partial charge in [0.15, 0.2) is 6.61 Å². The third-order valence-corrected chi connectivity index (χ3v) is 5.06. The second-order valence-electron chi connectivity index (χ2n) is 7.22. The SMILES string of the molecule is CCOC(=O)C1=C(C)OC(N)=C(C#N)C1c1ccccc1OCC(=O)Nc1ccc(OC)cc1. The van der Waals surface area contributed by atoms with Gasteiger partial charge in [0.05, 0.1) is 25.2 Å². The summed E-state index contributed by atoms with van der Waals surface area (Å²) < 4.78 is 21.5. The van der Waals surface area contributed by atoms with Crippen molar-refractivity contribution in [3.05, 3.63) is 76.9 Å². The summed E-state index contributed by atoms with van der Waals surface area (Å²) in [5, 5.41) is 12.5. The summed E-state index contributed by atoms with van der Waals surface area (Å²) in [5.74, 6) is -0.789. The predicted octanol–water partition coefficient (Wildman–Crippen LogP) is 3.36. The summed E-state index contributed by atoms with van der Waals surface area (Å²) in [5.41, 5.74) is 7.21. The van der Waals surface area contributed by atoms with Crippen molar-refractivity contribution in [3.8, 4) is 17.6 Å². The average molecular weight is 463 g/mol. The molecule has 0 saturated heterocycles. The lowest BCUT2D eigenvalue weighted by atomic mass is 9.82. The summed E-state index contributed by atoms with van der Waals surface area (Å²) in [6, 6.07) is 15.7. The number of carbonyl (C=O) groups excluding carboxylic acids is 2. The van der Waals surface area contributed by atoms with Crippen molar-refractivity contribution in [2.75, 3.05) is 25.6 Å². The maximum atomic E-state index is 12.7. The number of hydrogen-bond acceptors (Lipinski definition) is 8. The smallest absolute Gasteiger partial charge is 0.338 e. The fraction of sp³-hybridized carbons (Fsp3) is 0.240. The van der Waals surface area contributed by atoms with E-state index in [1.807, 2.05) is 6.07 Å². The van der Waals surface area contributed by atoms with Crippen LogP contribution >= 0.6 is 0 Å². The Bertz CT molecular complexity index is 1180. The maximum Gasteiger partial charge on any atom is 0.338 e. The van der Waals surface area contributed by atoms with Crippen molar-refractivity contribution in [1.29, 1.82) is 5.26 Å². The molecule has 3 rings (SSSR count). The molecule has 1 aliphatic heterocycles. The van der Waals surface area contributed by atoms with Crippen LogP contribution in [0.15, 0.2) is 71.3 Å². The van der Waals surface area contributed by atoms with E-state index in [2.05, 4.69) is 5.32 Å². The van der Waals surface area contributed by atoms with Crippen molar-refractivity contribution >= 4 is 17.6 Å². The number of esters is 1. The predicted molar refractivity (Wildman–Crippen MR) is 124 cm³/mol. The second-order valence-corrected chi connectivity index (χ2v) is 7.22. The van der Waals surface area contributed by atoms with E-state index in [1.165, 1.54) is 0 Å². The molecule has 1 unspecified atom stereocenters. The molecule has 1 atom stereocenters. The number of para-hydroxylation sites is 1. The summed E-state index contributed by atoms with van der Waals surface area (Å²) in [6.45, 7) is 3.10. The summed E-state index contributed by atoms with van der Waals surface area (Å²) in [6.07, 6.45) is 0. The molecule has 34 heavy (non-hydrogen) atoms. The Kier molecular flexibility index (Phi) is 7.77. The number of nitriles is 1. The van der Waals surface area contributed by atoms with Crippen LogP contribution in [0.2, 0.25) is 0 Å². The molecule has 0 aromatic heterocycles. The zero-order valence-corrected chi connectivity index (χ0v) is 19.1. The molecular formula is C25H25N3O6. The first-order chi connectivity index (χ1) is 16.4. The third kappa shape index (κ3) is 5.30. The highest BCUT2D eigenvalue weighted by Gasteiger charge is 2.37. The van der Waals surface area contributed by atoms with E-state index in [4.69, 9.17) is 24.7 Å². The molecule has 0 radical (unpaired) electrons. The average Bonchev–Trinajstić information content (AvgIpc) is 2.83. The van der Waals surface area contributed by atoms with Gasteiger partial charge in [-0.2, -0.15) is 5.26 Å². The minimum Gasteiger partial charge on any atom is -0.497 e. The Morgan fingerprint density at radius 2 is 1.88 bits per heavy atom. The molecular weight excluding hydrogens is 438 g/mol. The lowest BCUT2D eigenvalue weighted by molar-refractivity contribution is -0.139. The number of nitrogens with two attached hydrogens (primary N) is 1. The number of anilines is 1. The summed E-state index contributed by atoms with van der Waals surface area (Å²) >= 11 is 0. The van der Waals surface area contributed by atoms with E-state index in [1.54, 1.807) is 69.5 Å². The number of nitrogens with zero attached hydrogens (tertiary/aromatic N) is 1. The molecule has 2 aromatic rings. The van der Waals surface area contributed by atoms with Crippen molar-refractivity contribution in [1.82, 2.24) is 0 Å². The van der Waals surface area contributed by atoms with Gasteiger partial charge in [0.2, 0.25) is 5.88 Å². The Morgan fingerprint density at radius 1 is 1.18 bits per heavy atom. The monoisotopic (exact) mass is 463 g/mol. The van der Waals surface area contributed by atoms with Crippen molar-refractivity contribution in [2.24, 2.45) is 5.73 Å². The van der Waals surface area contributed by atoms with E-state index in [9.17, 15) is 14.9 Å². The van der Waals surface area contributed by atoms with E-state index < -0.39 is 11.9 Å². The fourth-order valence-electron chi connectivity index (χ4n) is 3.53. The molecule has 0 bridgehead atoms. The third-order valence-electron chi connectivity index (χ3n) is 5.06. The van der Waals surface area contributed by atoms with Crippen LogP contribution in [0.3, 0.4) is 0 Å². The van der Waals surface area contributed by atoms with Crippen LogP contribution < -0.4 is 20.5 Å². The molecule has 0 spiro atoms. The van der Waals surface area contributed by atoms with Gasteiger partial charge in [-0.1, -0.05) is 18.2 Å². The van der Waals surface area contributed by atoms with Crippen LogP contribution in [0.25, 0.3) is 0 Å². The topological polar surface area (TPSA) is 133 Å². The number of rotatable bonds is 8. The van der Waals surface area contributed by atoms with Crippen LogP contribution in [0.4, 0.5) is 5.69 Å². The number of hydrogen-bond donors (Lipinski definition) is 2. The second kappa shape index (κ2) is 10.9. The van der Waals surface area contributed by atoms with Crippen LogP contribution in [0, 0.1) is 11.3 Å². The first kappa shape index (κ1) is 24.2. The molecule has 1 amide bonds. The van der Waals surface area contributed by atoms with Gasteiger partial charge in [-0.15, -0.1) is 0 Å².